The third kappa shape index (κ3) is 1.82. The van der Waals surface area contributed by atoms with E-state index in [-0.39, 0.29) is 0 Å². The van der Waals surface area contributed by atoms with Crippen LogP contribution in [-0.2, 0) is 6.42 Å². The van der Waals surface area contributed by atoms with Crippen LogP contribution in [0.15, 0.2) is 18.2 Å². The maximum Gasteiger partial charge on any atom is 0.122 e. The van der Waals surface area contributed by atoms with Gasteiger partial charge >= 0.3 is 0 Å². The van der Waals surface area contributed by atoms with Gasteiger partial charge in [0.25, 0.3) is 0 Å². The Morgan fingerprint density at radius 3 is 2.79 bits per heavy atom. The number of nitrogens with one attached hydrogen (secondary N) is 1. The molecule has 0 amide bonds. The molecule has 0 aromatic heterocycles. The van der Waals surface area contributed by atoms with E-state index >= 15 is 0 Å². The molecule has 2 rings (SSSR count). The van der Waals surface area contributed by atoms with E-state index in [1.54, 1.807) is 13.2 Å². The van der Waals surface area contributed by atoms with Crippen LogP contribution >= 0.6 is 0 Å². The fraction of sp³-hybridized carbons (Fsp3) is 0.455. The number of aromatic hydroxyl groups is 1. The third-order valence-corrected chi connectivity index (χ3v) is 2.67. The average Bonchev–Trinajstić information content (AvgIpc) is 2.13. The lowest BCUT2D eigenvalue weighted by Crippen LogP contribution is -2.43. The second kappa shape index (κ2) is 3.88. The van der Waals surface area contributed by atoms with Gasteiger partial charge in [0.2, 0.25) is 0 Å². The zero-order valence-corrected chi connectivity index (χ0v) is 8.29. The van der Waals surface area contributed by atoms with Crippen molar-refractivity contribution in [2.75, 3.05) is 20.2 Å². The Labute approximate surface area is 83.7 Å². The van der Waals surface area contributed by atoms with Crippen LogP contribution in [0.2, 0.25) is 0 Å². The average molecular weight is 193 g/mol. The highest BCUT2D eigenvalue weighted by molar-refractivity contribution is 5.40. The molecule has 0 bridgehead atoms. The van der Waals surface area contributed by atoms with Crippen LogP contribution in [0.5, 0.6) is 11.5 Å². The lowest BCUT2D eigenvalue weighted by molar-refractivity contribution is 0.340. The van der Waals surface area contributed by atoms with Crippen molar-refractivity contribution in [1.29, 1.82) is 0 Å². The molecule has 0 atom stereocenters. The summed E-state index contributed by atoms with van der Waals surface area (Å²) in [7, 11) is 1.60. The highest BCUT2D eigenvalue weighted by Crippen LogP contribution is 2.26. The molecule has 1 aromatic carbocycles. The Balaban J connectivity index is 2.09. The van der Waals surface area contributed by atoms with Crippen LogP contribution in [0.25, 0.3) is 0 Å². The zero-order chi connectivity index (χ0) is 9.97. The topological polar surface area (TPSA) is 41.5 Å². The van der Waals surface area contributed by atoms with Crippen molar-refractivity contribution in [3.8, 4) is 11.5 Å². The van der Waals surface area contributed by atoms with Gasteiger partial charge in [-0.3, -0.25) is 0 Å². The highest BCUT2D eigenvalue weighted by Gasteiger charge is 2.18. The molecule has 0 spiro atoms. The van der Waals surface area contributed by atoms with Crippen molar-refractivity contribution in [2.45, 2.75) is 6.42 Å². The lowest BCUT2D eigenvalue weighted by atomic mass is 9.94. The minimum absolute atomic E-state index is 0.344. The van der Waals surface area contributed by atoms with Crippen molar-refractivity contribution < 1.29 is 9.84 Å². The van der Waals surface area contributed by atoms with E-state index in [4.69, 9.17) is 4.74 Å². The number of hydrogen-bond acceptors (Lipinski definition) is 3. The summed E-state index contributed by atoms with van der Waals surface area (Å²) in [5, 5.41) is 12.9. The number of phenols is 1. The number of hydrogen-bond donors (Lipinski definition) is 2. The molecule has 1 aliphatic heterocycles. The Kier molecular flexibility index (Phi) is 2.59. The van der Waals surface area contributed by atoms with Crippen LogP contribution in [0.3, 0.4) is 0 Å². The first kappa shape index (κ1) is 9.34. The standard InChI is InChI=1S/C11H15NO2/c1-14-10-3-2-9(11(13)5-10)4-8-6-12-7-8/h2-3,5,8,12-13H,4,6-7H2,1H3. The van der Waals surface area contributed by atoms with Gasteiger partial charge in [0.15, 0.2) is 0 Å². The van der Waals surface area contributed by atoms with Crippen molar-refractivity contribution in [1.82, 2.24) is 5.32 Å². The van der Waals surface area contributed by atoms with Gasteiger partial charge < -0.3 is 15.2 Å². The molecule has 1 aliphatic rings. The van der Waals surface area contributed by atoms with Crippen molar-refractivity contribution in [3.63, 3.8) is 0 Å². The van der Waals surface area contributed by atoms with Gasteiger partial charge in [-0.15, -0.1) is 0 Å². The van der Waals surface area contributed by atoms with Crippen LogP contribution in [0, 0.1) is 5.92 Å². The summed E-state index contributed by atoms with van der Waals surface area (Å²) in [5.74, 6) is 1.73. The van der Waals surface area contributed by atoms with E-state index in [0.717, 1.165) is 25.1 Å². The molecule has 0 saturated carbocycles. The summed E-state index contributed by atoms with van der Waals surface area (Å²) in [6.07, 6.45) is 0.947. The van der Waals surface area contributed by atoms with Crippen LogP contribution in [-0.4, -0.2) is 25.3 Å². The molecule has 3 heteroatoms. The minimum Gasteiger partial charge on any atom is -0.508 e. The van der Waals surface area contributed by atoms with Gasteiger partial charge in [0.05, 0.1) is 7.11 Å². The Morgan fingerprint density at radius 2 is 2.29 bits per heavy atom. The fourth-order valence-electron chi connectivity index (χ4n) is 1.65. The van der Waals surface area contributed by atoms with Gasteiger partial charge in [0.1, 0.15) is 11.5 Å². The summed E-state index contributed by atoms with van der Waals surface area (Å²) in [6.45, 7) is 2.12. The van der Waals surface area contributed by atoms with Gasteiger partial charge in [-0.2, -0.15) is 0 Å². The molecule has 14 heavy (non-hydrogen) atoms. The molecule has 1 fully saturated rings. The van der Waals surface area contributed by atoms with E-state index in [9.17, 15) is 5.11 Å². The molecule has 76 valence electrons. The minimum atomic E-state index is 0.344. The summed E-state index contributed by atoms with van der Waals surface area (Å²) in [6, 6.07) is 5.50. The summed E-state index contributed by atoms with van der Waals surface area (Å²) in [5.41, 5.74) is 1.01. The predicted molar refractivity (Wildman–Crippen MR) is 54.7 cm³/mol. The first-order chi connectivity index (χ1) is 6.79. The largest absolute Gasteiger partial charge is 0.508 e. The molecule has 2 N–H and O–H groups in total. The molecule has 1 heterocycles. The van der Waals surface area contributed by atoms with Gasteiger partial charge in [-0.1, -0.05) is 6.07 Å². The zero-order valence-electron chi connectivity index (χ0n) is 8.29. The molecule has 0 unspecified atom stereocenters. The van der Waals surface area contributed by atoms with E-state index in [1.165, 1.54) is 0 Å². The highest BCUT2D eigenvalue weighted by atomic mass is 16.5. The number of phenolic OH excluding ortho intramolecular Hbond substituents is 1. The lowest BCUT2D eigenvalue weighted by Gasteiger charge is -2.27. The number of methoxy groups -OCH3 is 1. The van der Waals surface area contributed by atoms with Crippen molar-refractivity contribution >= 4 is 0 Å². The van der Waals surface area contributed by atoms with Crippen LogP contribution in [0.1, 0.15) is 5.56 Å². The molecule has 3 nitrogen and oxygen atoms in total. The smallest absolute Gasteiger partial charge is 0.122 e. The second-order valence-electron chi connectivity index (χ2n) is 3.72. The monoisotopic (exact) mass is 193 g/mol. The molecule has 0 aliphatic carbocycles. The van der Waals surface area contributed by atoms with E-state index in [2.05, 4.69) is 5.32 Å². The quantitative estimate of drug-likeness (QED) is 0.757. The normalized spacial score (nSPS) is 16.4. The van der Waals surface area contributed by atoms with Gasteiger partial charge in [-0.25, -0.2) is 0 Å². The maximum absolute atomic E-state index is 9.69. The predicted octanol–water partition coefficient (Wildman–Crippen LogP) is 1.16. The van der Waals surface area contributed by atoms with E-state index < -0.39 is 0 Å². The Morgan fingerprint density at radius 1 is 1.50 bits per heavy atom. The SMILES string of the molecule is COc1ccc(CC2CNC2)c(O)c1. The van der Waals surface area contributed by atoms with Crippen molar-refractivity contribution in [2.24, 2.45) is 5.92 Å². The molecule has 0 radical (unpaired) electrons. The van der Waals surface area contributed by atoms with E-state index in [1.807, 2.05) is 12.1 Å². The van der Waals surface area contributed by atoms with E-state index in [0.29, 0.717) is 17.4 Å². The van der Waals surface area contributed by atoms with Gasteiger partial charge in [0, 0.05) is 6.07 Å². The van der Waals surface area contributed by atoms with Crippen molar-refractivity contribution in [3.05, 3.63) is 23.8 Å². The van der Waals surface area contributed by atoms with Gasteiger partial charge in [-0.05, 0) is 37.1 Å². The molecular formula is C11H15NO2. The van der Waals surface area contributed by atoms with Crippen LogP contribution in [0.4, 0.5) is 0 Å². The molecular weight excluding hydrogens is 178 g/mol. The second-order valence-corrected chi connectivity index (χ2v) is 3.72. The number of ether oxygens (including phenoxy) is 1. The summed E-state index contributed by atoms with van der Waals surface area (Å²) in [4.78, 5) is 0. The number of rotatable bonds is 3. The van der Waals surface area contributed by atoms with Crippen LogP contribution < -0.4 is 10.1 Å². The summed E-state index contributed by atoms with van der Waals surface area (Å²) >= 11 is 0. The fourth-order valence-corrected chi connectivity index (χ4v) is 1.65. The molecule has 1 aromatic rings. The Bertz CT molecular complexity index is 321. The Hall–Kier alpha value is -1.22. The first-order valence-electron chi connectivity index (χ1n) is 4.86. The maximum atomic E-state index is 9.69. The summed E-state index contributed by atoms with van der Waals surface area (Å²) < 4.78 is 5.02. The molecule has 1 saturated heterocycles. The first-order valence-corrected chi connectivity index (χ1v) is 4.86. The number of benzene rings is 1. The third-order valence-electron chi connectivity index (χ3n) is 2.67.